The maximum atomic E-state index is 10.1. The first-order valence-corrected chi connectivity index (χ1v) is 4.24. The van der Waals surface area contributed by atoms with Gasteiger partial charge >= 0.3 is 5.97 Å². The summed E-state index contributed by atoms with van der Waals surface area (Å²) in [6.45, 7) is 0. The van der Waals surface area contributed by atoms with Crippen LogP contribution < -0.4 is 0 Å². The van der Waals surface area contributed by atoms with Gasteiger partial charge in [-0.1, -0.05) is 18.9 Å². The Bertz CT molecular complexity index is 190. The number of hydrogen-bond donors (Lipinski definition) is 2. The van der Waals surface area contributed by atoms with Crippen molar-refractivity contribution < 1.29 is 15.0 Å². The molecule has 1 fully saturated rings. The van der Waals surface area contributed by atoms with Crippen molar-refractivity contribution in [2.24, 2.45) is 0 Å². The number of hydrogen-bond acceptors (Lipinski definition) is 2. The summed E-state index contributed by atoms with van der Waals surface area (Å²) in [7, 11) is 0. The molecule has 3 heteroatoms. The summed E-state index contributed by atoms with van der Waals surface area (Å²) in [6, 6.07) is 0. The molecule has 0 unspecified atom stereocenters. The Kier molecular flexibility index (Phi) is 2.87. The number of carboxylic acids is 1. The number of aliphatic carboxylic acids is 1. The van der Waals surface area contributed by atoms with E-state index >= 15 is 0 Å². The zero-order chi connectivity index (χ0) is 9.03. The number of carboxylic acid groups (broad SMARTS) is 1. The van der Waals surface area contributed by atoms with Crippen molar-refractivity contribution in [1.82, 2.24) is 0 Å². The van der Waals surface area contributed by atoms with Crippen LogP contribution in [0, 0.1) is 0 Å². The Labute approximate surface area is 71.7 Å². The second-order valence-corrected chi connectivity index (χ2v) is 3.38. The number of carbonyl (C=O) groups is 1. The van der Waals surface area contributed by atoms with Crippen LogP contribution in [0.25, 0.3) is 0 Å². The minimum Gasteiger partial charge on any atom is -0.478 e. The van der Waals surface area contributed by atoms with E-state index in [2.05, 4.69) is 0 Å². The Balaban J connectivity index is 2.34. The van der Waals surface area contributed by atoms with Crippen molar-refractivity contribution >= 4 is 5.97 Å². The third-order valence-corrected chi connectivity index (χ3v) is 2.29. The fraction of sp³-hybridized carbons (Fsp3) is 0.667. The molecule has 0 radical (unpaired) electrons. The first-order valence-electron chi connectivity index (χ1n) is 4.24. The van der Waals surface area contributed by atoms with Crippen LogP contribution >= 0.6 is 0 Å². The highest BCUT2D eigenvalue weighted by Crippen LogP contribution is 2.32. The normalized spacial score (nSPS) is 21.8. The van der Waals surface area contributed by atoms with Crippen LogP contribution in [0.1, 0.15) is 32.1 Å². The molecule has 1 saturated carbocycles. The van der Waals surface area contributed by atoms with Crippen molar-refractivity contribution in [3.05, 3.63) is 12.2 Å². The lowest BCUT2D eigenvalue weighted by molar-refractivity contribution is -0.131. The summed E-state index contributed by atoms with van der Waals surface area (Å²) < 4.78 is 0. The molecule has 1 aliphatic rings. The standard InChI is InChI=1S/C9H14O3/c10-8(11)4-3-7-9(12)5-1-2-6-9/h3-4,12H,1-2,5-7H2,(H,10,11)/b4-3+. The van der Waals surface area contributed by atoms with Gasteiger partial charge in [-0.05, 0) is 19.3 Å². The van der Waals surface area contributed by atoms with Crippen molar-refractivity contribution in [3.8, 4) is 0 Å². The van der Waals surface area contributed by atoms with Gasteiger partial charge in [0.2, 0.25) is 0 Å². The maximum Gasteiger partial charge on any atom is 0.327 e. The molecule has 0 saturated heterocycles. The summed E-state index contributed by atoms with van der Waals surface area (Å²) >= 11 is 0. The molecule has 12 heavy (non-hydrogen) atoms. The molecule has 0 amide bonds. The molecule has 1 aliphatic carbocycles. The molecular formula is C9H14O3. The van der Waals surface area contributed by atoms with Crippen LogP contribution in [0.15, 0.2) is 12.2 Å². The van der Waals surface area contributed by atoms with Crippen LogP contribution in [0.3, 0.4) is 0 Å². The van der Waals surface area contributed by atoms with Gasteiger partial charge < -0.3 is 10.2 Å². The molecule has 0 aliphatic heterocycles. The van der Waals surface area contributed by atoms with E-state index in [9.17, 15) is 9.90 Å². The highest BCUT2D eigenvalue weighted by Gasteiger charge is 2.29. The molecular weight excluding hydrogens is 156 g/mol. The van der Waals surface area contributed by atoms with E-state index in [-0.39, 0.29) is 0 Å². The highest BCUT2D eigenvalue weighted by atomic mass is 16.4. The van der Waals surface area contributed by atoms with Gasteiger partial charge in [-0.15, -0.1) is 0 Å². The highest BCUT2D eigenvalue weighted by molar-refractivity contribution is 5.79. The molecule has 68 valence electrons. The van der Waals surface area contributed by atoms with Gasteiger partial charge in [0.1, 0.15) is 0 Å². The smallest absolute Gasteiger partial charge is 0.327 e. The molecule has 0 spiro atoms. The summed E-state index contributed by atoms with van der Waals surface area (Å²) in [5, 5.41) is 18.1. The van der Waals surface area contributed by atoms with E-state index in [1.54, 1.807) is 0 Å². The van der Waals surface area contributed by atoms with Gasteiger partial charge in [0, 0.05) is 6.08 Å². The zero-order valence-corrected chi connectivity index (χ0v) is 6.99. The molecule has 0 atom stereocenters. The van der Waals surface area contributed by atoms with Crippen LogP contribution in [-0.4, -0.2) is 21.8 Å². The SMILES string of the molecule is O=C(O)/C=C/CC1(O)CCCC1. The fourth-order valence-electron chi connectivity index (χ4n) is 1.62. The van der Waals surface area contributed by atoms with Gasteiger partial charge in [0.15, 0.2) is 0 Å². The van der Waals surface area contributed by atoms with Crippen molar-refractivity contribution in [2.75, 3.05) is 0 Å². The molecule has 0 heterocycles. The first-order chi connectivity index (χ1) is 5.62. The number of aliphatic hydroxyl groups is 1. The summed E-state index contributed by atoms with van der Waals surface area (Å²) in [5.41, 5.74) is -0.619. The van der Waals surface area contributed by atoms with Crippen LogP contribution in [0.5, 0.6) is 0 Å². The molecule has 0 aromatic carbocycles. The number of rotatable bonds is 3. The van der Waals surface area contributed by atoms with Crippen molar-refractivity contribution in [3.63, 3.8) is 0 Å². The lowest BCUT2D eigenvalue weighted by atomic mass is 9.98. The van der Waals surface area contributed by atoms with E-state index in [4.69, 9.17) is 5.11 Å². The van der Waals surface area contributed by atoms with E-state index in [1.807, 2.05) is 0 Å². The average Bonchev–Trinajstić information content (AvgIpc) is 2.35. The van der Waals surface area contributed by atoms with Crippen LogP contribution in [0.4, 0.5) is 0 Å². The molecule has 0 bridgehead atoms. The summed E-state index contributed by atoms with van der Waals surface area (Å²) in [4.78, 5) is 10.1. The Hall–Kier alpha value is -0.830. The Morgan fingerprint density at radius 2 is 2.00 bits per heavy atom. The van der Waals surface area contributed by atoms with Gasteiger partial charge in [0.25, 0.3) is 0 Å². The minimum atomic E-state index is -0.948. The molecule has 2 N–H and O–H groups in total. The summed E-state index contributed by atoms with van der Waals surface area (Å²) in [5.74, 6) is -0.948. The monoisotopic (exact) mass is 170 g/mol. The van der Waals surface area contributed by atoms with Gasteiger partial charge in [-0.3, -0.25) is 0 Å². The van der Waals surface area contributed by atoms with E-state index < -0.39 is 11.6 Å². The predicted octanol–water partition coefficient (Wildman–Crippen LogP) is 1.32. The minimum absolute atomic E-state index is 0.472. The predicted molar refractivity (Wildman–Crippen MR) is 44.8 cm³/mol. The van der Waals surface area contributed by atoms with E-state index in [0.29, 0.717) is 6.42 Å². The first kappa shape index (κ1) is 9.26. The second-order valence-electron chi connectivity index (χ2n) is 3.38. The average molecular weight is 170 g/mol. The van der Waals surface area contributed by atoms with E-state index in [1.165, 1.54) is 6.08 Å². The van der Waals surface area contributed by atoms with Gasteiger partial charge in [0.05, 0.1) is 5.60 Å². The molecule has 3 nitrogen and oxygen atoms in total. The van der Waals surface area contributed by atoms with Gasteiger partial charge in [-0.2, -0.15) is 0 Å². The molecule has 1 rings (SSSR count). The largest absolute Gasteiger partial charge is 0.478 e. The quantitative estimate of drug-likeness (QED) is 0.628. The van der Waals surface area contributed by atoms with Gasteiger partial charge in [-0.25, -0.2) is 4.79 Å². The Morgan fingerprint density at radius 3 is 2.50 bits per heavy atom. The fourth-order valence-corrected chi connectivity index (χ4v) is 1.62. The lowest BCUT2D eigenvalue weighted by Crippen LogP contribution is -2.22. The van der Waals surface area contributed by atoms with Crippen molar-refractivity contribution in [1.29, 1.82) is 0 Å². The third-order valence-electron chi connectivity index (χ3n) is 2.29. The topological polar surface area (TPSA) is 57.5 Å². The molecule has 0 aromatic heterocycles. The second kappa shape index (κ2) is 3.72. The third kappa shape index (κ3) is 2.66. The Morgan fingerprint density at radius 1 is 1.42 bits per heavy atom. The molecule has 0 aromatic rings. The van der Waals surface area contributed by atoms with Crippen LogP contribution in [-0.2, 0) is 4.79 Å². The van der Waals surface area contributed by atoms with Crippen molar-refractivity contribution in [2.45, 2.75) is 37.7 Å². The maximum absolute atomic E-state index is 10.1. The zero-order valence-electron chi connectivity index (χ0n) is 6.99. The van der Waals surface area contributed by atoms with Crippen LogP contribution in [0.2, 0.25) is 0 Å². The lowest BCUT2D eigenvalue weighted by Gasteiger charge is -2.19. The summed E-state index contributed by atoms with van der Waals surface area (Å²) in [6.07, 6.45) is 6.81. The van der Waals surface area contributed by atoms with E-state index in [0.717, 1.165) is 31.8 Å².